The molecule has 3 heteroatoms. The molecule has 3 nitrogen and oxygen atoms in total. The molecule has 0 saturated carbocycles. The van der Waals surface area contributed by atoms with Crippen molar-refractivity contribution < 1.29 is 9.53 Å². The van der Waals surface area contributed by atoms with E-state index < -0.39 is 0 Å². The fourth-order valence-corrected chi connectivity index (χ4v) is 1.38. The van der Waals surface area contributed by atoms with E-state index in [2.05, 4.69) is 0 Å². The van der Waals surface area contributed by atoms with Gasteiger partial charge in [-0.15, -0.1) is 0 Å². The lowest BCUT2D eigenvalue weighted by molar-refractivity contribution is -0.138. The van der Waals surface area contributed by atoms with Gasteiger partial charge in [0, 0.05) is 20.7 Å². The topological polar surface area (TPSA) is 29.5 Å². The van der Waals surface area contributed by atoms with Gasteiger partial charge >= 0.3 is 0 Å². The Morgan fingerprint density at radius 3 is 2.55 bits per heavy atom. The smallest absolute Gasteiger partial charge is 0.230 e. The molecule has 1 fully saturated rings. The molecule has 64 valence electrons. The van der Waals surface area contributed by atoms with Crippen LogP contribution in [0, 0.1) is 5.41 Å². The van der Waals surface area contributed by atoms with Crippen LogP contribution in [-0.2, 0) is 9.53 Å². The molecular formula is C8H15NO2. The summed E-state index contributed by atoms with van der Waals surface area (Å²) in [6.45, 7) is 3.25. The molecule has 1 aliphatic rings. The van der Waals surface area contributed by atoms with Crippen molar-refractivity contribution in [1.82, 2.24) is 4.90 Å². The Labute approximate surface area is 67.3 Å². The van der Waals surface area contributed by atoms with E-state index >= 15 is 0 Å². The molecule has 1 heterocycles. The maximum absolute atomic E-state index is 11.5. The first kappa shape index (κ1) is 8.53. The predicted molar refractivity (Wildman–Crippen MR) is 42.2 cm³/mol. The third-order valence-corrected chi connectivity index (χ3v) is 2.14. The van der Waals surface area contributed by atoms with Gasteiger partial charge in [-0.05, 0) is 13.3 Å². The minimum atomic E-state index is -0.260. The van der Waals surface area contributed by atoms with E-state index in [1.165, 1.54) is 0 Å². The number of carbonyl (C=O) groups excluding carboxylic acids is 1. The Morgan fingerprint density at radius 1 is 1.55 bits per heavy atom. The number of ether oxygens (including phenoxy) is 1. The van der Waals surface area contributed by atoms with Crippen LogP contribution in [0.3, 0.4) is 0 Å². The number of hydrogen-bond donors (Lipinski definition) is 0. The molecule has 0 spiro atoms. The van der Waals surface area contributed by atoms with E-state index in [0.717, 1.165) is 13.0 Å². The van der Waals surface area contributed by atoms with Gasteiger partial charge < -0.3 is 9.64 Å². The first-order valence-electron chi connectivity index (χ1n) is 3.86. The Kier molecular flexibility index (Phi) is 2.18. The highest BCUT2D eigenvalue weighted by atomic mass is 16.5. The third-order valence-electron chi connectivity index (χ3n) is 2.14. The molecule has 0 N–H and O–H groups in total. The summed E-state index contributed by atoms with van der Waals surface area (Å²) in [5.41, 5.74) is -0.260. The molecule has 1 rings (SSSR count). The predicted octanol–water partition coefficient (Wildman–Crippen LogP) is 0.501. The molecule has 0 bridgehead atoms. The molecule has 1 aliphatic heterocycles. The number of nitrogens with zero attached hydrogens (tertiary/aromatic N) is 1. The summed E-state index contributed by atoms with van der Waals surface area (Å²) in [5, 5.41) is 0. The standard InChI is InChI=1S/C8H15NO2/c1-8(4-5-11-6-8)7(10)9(2)3/h4-6H2,1-3H3. The quantitative estimate of drug-likeness (QED) is 0.554. The van der Waals surface area contributed by atoms with E-state index in [1.54, 1.807) is 19.0 Å². The molecule has 1 unspecified atom stereocenters. The van der Waals surface area contributed by atoms with Gasteiger partial charge in [-0.3, -0.25) is 4.79 Å². The summed E-state index contributed by atoms with van der Waals surface area (Å²) in [5.74, 6) is 0.176. The summed E-state index contributed by atoms with van der Waals surface area (Å²) in [7, 11) is 3.57. The zero-order chi connectivity index (χ0) is 8.48. The minimum Gasteiger partial charge on any atom is -0.380 e. The summed E-state index contributed by atoms with van der Waals surface area (Å²) in [4.78, 5) is 13.1. The van der Waals surface area contributed by atoms with Gasteiger partial charge in [0.15, 0.2) is 0 Å². The van der Waals surface area contributed by atoms with Crippen LogP contribution in [0.2, 0.25) is 0 Å². The van der Waals surface area contributed by atoms with E-state index in [9.17, 15) is 4.79 Å². The van der Waals surface area contributed by atoms with Gasteiger partial charge in [0.1, 0.15) is 0 Å². The van der Waals surface area contributed by atoms with Crippen LogP contribution in [0.1, 0.15) is 13.3 Å². The lowest BCUT2D eigenvalue weighted by Gasteiger charge is -2.24. The lowest BCUT2D eigenvalue weighted by atomic mass is 9.88. The maximum atomic E-state index is 11.5. The maximum Gasteiger partial charge on any atom is 0.230 e. The van der Waals surface area contributed by atoms with Crippen LogP contribution < -0.4 is 0 Å². The fraction of sp³-hybridized carbons (Fsp3) is 0.875. The Hall–Kier alpha value is -0.570. The number of rotatable bonds is 1. The normalized spacial score (nSPS) is 30.5. The molecule has 1 saturated heterocycles. The molecule has 0 aromatic rings. The van der Waals surface area contributed by atoms with E-state index in [4.69, 9.17) is 4.74 Å². The molecule has 1 atom stereocenters. The van der Waals surface area contributed by atoms with Gasteiger partial charge in [0.25, 0.3) is 0 Å². The second kappa shape index (κ2) is 2.81. The second-order valence-corrected chi connectivity index (χ2v) is 3.56. The summed E-state index contributed by atoms with van der Waals surface area (Å²) in [6.07, 6.45) is 0.851. The first-order valence-corrected chi connectivity index (χ1v) is 3.86. The highest BCUT2D eigenvalue weighted by Gasteiger charge is 2.38. The van der Waals surface area contributed by atoms with E-state index in [1.807, 2.05) is 6.92 Å². The fourth-order valence-electron chi connectivity index (χ4n) is 1.38. The zero-order valence-electron chi connectivity index (χ0n) is 7.39. The molecule has 1 amide bonds. The van der Waals surface area contributed by atoms with Crippen molar-refractivity contribution in [2.45, 2.75) is 13.3 Å². The minimum absolute atomic E-state index is 0.176. The number of carbonyl (C=O) groups is 1. The SMILES string of the molecule is CN(C)C(=O)C1(C)CCOC1. The van der Waals surface area contributed by atoms with E-state index in [0.29, 0.717) is 6.61 Å². The molecule has 0 aromatic carbocycles. The first-order chi connectivity index (χ1) is 5.06. The summed E-state index contributed by atoms with van der Waals surface area (Å²) >= 11 is 0. The molecule has 0 aliphatic carbocycles. The van der Waals surface area contributed by atoms with Gasteiger partial charge in [-0.2, -0.15) is 0 Å². The van der Waals surface area contributed by atoms with Crippen molar-refractivity contribution in [2.24, 2.45) is 5.41 Å². The van der Waals surface area contributed by atoms with Crippen molar-refractivity contribution in [2.75, 3.05) is 27.3 Å². The zero-order valence-corrected chi connectivity index (χ0v) is 7.39. The Morgan fingerprint density at radius 2 is 2.18 bits per heavy atom. The van der Waals surface area contributed by atoms with E-state index in [-0.39, 0.29) is 11.3 Å². The van der Waals surface area contributed by atoms with Crippen LogP contribution >= 0.6 is 0 Å². The highest BCUT2D eigenvalue weighted by Crippen LogP contribution is 2.29. The van der Waals surface area contributed by atoms with Crippen LogP contribution in [0.15, 0.2) is 0 Å². The van der Waals surface area contributed by atoms with Crippen molar-refractivity contribution in [3.63, 3.8) is 0 Å². The van der Waals surface area contributed by atoms with Crippen LogP contribution in [0.25, 0.3) is 0 Å². The van der Waals surface area contributed by atoms with Gasteiger partial charge in [-0.1, -0.05) is 0 Å². The van der Waals surface area contributed by atoms with Crippen molar-refractivity contribution in [3.8, 4) is 0 Å². The average Bonchev–Trinajstić information content (AvgIpc) is 2.35. The summed E-state index contributed by atoms with van der Waals surface area (Å²) in [6, 6.07) is 0. The van der Waals surface area contributed by atoms with Crippen molar-refractivity contribution >= 4 is 5.91 Å². The van der Waals surface area contributed by atoms with Crippen LogP contribution in [-0.4, -0.2) is 38.1 Å². The Bertz CT molecular complexity index is 159. The summed E-state index contributed by atoms with van der Waals surface area (Å²) < 4.78 is 5.18. The van der Waals surface area contributed by atoms with Crippen molar-refractivity contribution in [3.05, 3.63) is 0 Å². The lowest BCUT2D eigenvalue weighted by Crippen LogP contribution is -2.38. The van der Waals surface area contributed by atoms with Crippen LogP contribution in [0.4, 0.5) is 0 Å². The molecular weight excluding hydrogens is 142 g/mol. The second-order valence-electron chi connectivity index (χ2n) is 3.56. The van der Waals surface area contributed by atoms with Gasteiger partial charge in [0.05, 0.1) is 12.0 Å². The molecule has 0 aromatic heterocycles. The Balaban J connectivity index is 2.64. The van der Waals surface area contributed by atoms with Gasteiger partial charge in [0.2, 0.25) is 5.91 Å². The molecule has 11 heavy (non-hydrogen) atoms. The average molecular weight is 157 g/mol. The number of hydrogen-bond acceptors (Lipinski definition) is 2. The number of amides is 1. The largest absolute Gasteiger partial charge is 0.380 e. The van der Waals surface area contributed by atoms with Crippen molar-refractivity contribution in [1.29, 1.82) is 0 Å². The third kappa shape index (κ3) is 1.53. The molecule has 0 radical (unpaired) electrons. The highest BCUT2D eigenvalue weighted by molar-refractivity contribution is 5.82. The van der Waals surface area contributed by atoms with Crippen LogP contribution in [0.5, 0.6) is 0 Å². The van der Waals surface area contributed by atoms with Gasteiger partial charge in [-0.25, -0.2) is 0 Å². The monoisotopic (exact) mass is 157 g/mol.